The van der Waals surface area contributed by atoms with Gasteiger partial charge < -0.3 is 22.8 Å². The van der Waals surface area contributed by atoms with Crippen LogP contribution in [0.25, 0.3) is 0 Å². The van der Waals surface area contributed by atoms with Crippen molar-refractivity contribution < 1.29 is 27.2 Å². The van der Waals surface area contributed by atoms with Gasteiger partial charge in [-0.3, -0.25) is 9.69 Å². The van der Waals surface area contributed by atoms with Crippen LogP contribution in [0.3, 0.4) is 0 Å². The fourth-order valence-electron chi connectivity index (χ4n) is 2.40. The molecule has 0 bridgehead atoms. The SMILES string of the molecule is O=C1Nc2cccnc2[NH+]2CC(O)CC12.[Cl-]. The minimum Gasteiger partial charge on any atom is -1.00 e. The highest BCUT2D eigenvalue weighted by Crippen LogP contribution is 2.21. The number of hydrogen-bond acceptors (Lipinski definition) is 3. The van der Waals surface area contributed by atoms with Crippen molar-refractivity contribution in [2.75, 3.05) is 11.9 Å². The summed E-state index contributed by atoms with van der Waals surface area (Å²) in [5.74, 6) is 0.834. The van der Waals surface area contributed by atoms with Gasteiger partial charge in [-0.1, -0.05) is 0 Å². The Morgan fingerprint density at radius 2 is 2.38 bits per heavy atom. The molecule has 3 N–H and O–H groups in total. The molecule has 6 heteroatoms. The average Bonchev–Trinajstić information content (AvgIpc) is 2.61. The van der Waals surface area contributed by atoms with E-state index in [0.29, 0.717) is 13.0 Å². The van der Waals surface area contributed by atoms with Crippen molar-refractivity contribution in [1.82, 2.24) is 4.98 Å². The summed E-state index contributed by atoms with van der Waals surface area (Å²) >= 11 is 0. The van der Waals surface area contributed by atoms with Crippen LogP contribution in [0.15, 0.2) is 18.3 Å². The summed E-state index contributed by atoms with van der Waals surface area (Å²) in [5.41, 5.74) is 0.767. The van der Waals surface area contributed by atoms with Gasteiger partial charge in [-0.25, -0.2) is 4.98 Å². The molecule has 2 aliphatic heterocycles. The number of anilines is 1. The van der Waals surface area contributed by atoms with Crippen LogP contribution in [0, 0.1) is 0 Å². The predicted octanol–water partition coefficient (Wildman–Crippen LogP) is -4.31. The number of pyridine rings is 1. The van der Waals surface area contributed by atoms with Crippen molar-refractivity contribution in [1.29, 1.82) is 0 Å². The van der Waals surface area contributed by atoms with Crippen molar-refractivity contribution in [3.63, 3.8) is 0 Å². The number of rotatable bonds is 0. The molecule has 3 unspecified atom stereocenters. The van der Waals surface area contributed by atoms with Crippen molar-refractivity contribution in [2.24, 2.45) is 0 Å². The highest BCUT2D eigenvalue weighted by molar-refractivity contribution is 5.97. The number of aliphatic hydroxyl groups excluding tert-OH is 1. The van der Waals surface area contributed by atoms with Gasteiger partial charge in [0.05, 0.1) is 0 Å². The first-order chi connectivity index (χ1) is 7.25. The van der Waals surface area contributed by atoms with E-state index in [0.717, 1.165) is 16.4 Å². The van der Waals surface area contributed by atoms with E-state index < -0.39 is 6.10 Å². The fourth-order valence-corrected chi connectivity index (χ4v) is 2.40. The molecule has 16 heavy (non-hydrogen) atoms. The Balaban J connectivity index is 0.000000963. The number of carbonyl (C=O) groups is 1. The van der Waals surface area contributed by atoms with Crippen LogP contribution in [-0.2, 0) is 4.79 Å². The van der Waals surface area contributed by atoms with Crippen LogP contribution < -0.4 is 22.6 Å². The molecule has 2 aliphatic rings. The van der Waals surface area contributed by atoms with E-state index in [1.807, 2.05) is 6.07 Å². The van der Waals surface area contributed by atoms with Crippen LogP contribution in [0.2, 0.25) is 0 Å². The van der Waals surface area contributed by atoms with E-state index >= 15 is 0 Å². The van der Waals surface area contributed by atoms with Crippen molar-refractivity contribution in [2.45, 2.75) is 18.6 Å². The summed E-state index contributed by atoms with van der Waals surface area (Å²) in [6, 6.07) is 3.46. The number of quaternary nitrogens is 1. The Morgan fingerprint density at radius 1 is 1.56 bits per heavy atom. The Bertz CT molecular complexity index is 426. The van der Waals surface area contributed by atoms with Crippen molar-refractivity contribution in [3.05, 3.63) is 18.3 Å². The summed E-state index contributed by atoms with van der Waals surface area (Å²) in [6.07, 6.45) is 1.84. The molecule has 0 radical (unpaired) electrons. The molecule has 0 saturated carbocycles. The van der Waals surface area contributed by atoms with E-state index in [2.05, 4.69) is 10.3 Å². The van der Waals surface area contributed by atoms with Gasteiger partial charge >= 0.3 is 0 Å². The topological polar surface area (TPSA) is 66.7 Å². The summed E-state index contributed by atoms with van der Waals surface area (Å²) in [6.45, 7) is 0.572. The smallest absolute Gasteiger partial charge is 0.283 e. The summed E-state index contributed by atoms with van der Waals surface area (Å²) in [5, 5.41) is 12.4. The number of nitrogens with one attached hydrogen (secondary N) is 2. The zero-order chi connectivity index (χ0) is 10.4. The molecule has 3 atom stereocenters. The Labute approximate surface area is 98.9 Å². The number of hydrogen-bond donors (Lipinski definition) is 3. The molecule has 1 aromatic rings. The zero-order valence-electron chi connectivity index (χ0n) is 8.48. The number of aliphatic hydroxyl groups is 1. The molecule has 1 aromatic heterocycles. The monoisotopic (exact) mass is 241 g/mol. The van der Waals surface area contributed by atoms with Gasteiger partial charge in [-0.05, 0) is 12.1 Å². The molecular formula is C10H12ClN3O2. The van der Waals surface area contributed by atoms with E-state index in [-0.39, 0.29) is 24.4 Å². The number of fused-ring (bicyclic) bond motifs is 3. The maximum absolute atomic E-state index is 11.7. The minimum absolute atomic E-state index is 0. The third-order valence-electron chi connectivity index (χ3n) is 3.07. The number of aromatic nitrogens is 1. The maximum atomic E-state index is 11.7. The molecular weight excluding hydrogens is 230 g/mol. The molecule has 3 heterocycles. The van der Waals surface area contributed by atoms with Gasteiger partial charge in [0.25, 0.3) is 11.7 Å². The number of amides is 1. The maximum Gasteiger partial charge on any atom is 0.283 e. The molecule has 1 amide bonds. The highest BCUT2D eigenvalue weighted by atomic mass is 35.5. The predicted molar refractivity (Wildman–Crippen MR) is 52.8 cm³/mol. The van der Waals surface area contributed by atoms with Gasteiger partial charge in [0, 0.05) is 12.6 Å². The Kier molecular flexibility index (Phi) is 2.84. The normalized spacial score (nSPS) is 31.1. The third-order valence-corrected chi connectivity index (χ3v) is 3.07. The Morgan fingerprint density at radius 3 is 3.19 bits per heavy atom. The van der Waals surface area contributed by atoms with Crippen LogP contribution in [0.5, 0.6) is 0 Å². The van der Waals surface area contributed by atoms with Gasteiger partial charge in [-0.2, -0.15) is 0 Å². The lowest BCUT2D eigenvalue weighted by Gasteiger charge is -2.25. The van der Waals surface area contributed by atoms with Crippen LogP contribution in [0.4, 0.5) is 11.5 Å². The number of halogens is 1. The lowest BCUT2D eigenvalue weighted by Crippen LogP contribution is -3.12. The molecule has 0 spiro atoms. The quantitative estimate of drug-likeness (QED) is 0.431. The van der Waals surface area contributed by atoms with Gasteiger partial charge in [0.2, 0.25) is 0 Å². The number of carbonyl (C=O) groups excluding carboxylic acids is 1. The largest absolute Gasteiger partial charge is 1.00 e. The lowest BCUT2D eigenvalue weighted by atomic mass is 10.1. The van der Waals surface area contributed by atoms with Crippen LogP contribution in [-0.4, -0.2) is 34.7 Å². The second-order valence-corrected chi connectivity index (χ2v) is 4.06. The average molecular weight is 242 g/mol. The fraction of sp³-hybridized carbons (Fsp3) is 0.400. The molecule has 5 nitrogen and oxygen atoms in total. The molecule has 1 saturated heterocycles. The first kappa shape index (κ1) is 11.3. The standard InChI is InChI=1S/C10H11N3O2.ClH/c14-6-4-8-10(15)12-7-2-1-3-11-9(7)13(8)5-6;/h1-3,6,8,14H,4-5H2,(H,12,15);1H. The molecule has 3 rings (SSSR count). The molecule has 0 aliphatic carbocycles. The first-order valence-corrected chi connectivity index (χ1v) is 5.06. The van der Waals surface area contributed by atoms with E-state index in [1.165, 1.54) is 0 Å². The summed E-state index contributed by atoms with van der Waals surface area (Å²) in [7, 11) is 0. The summed E-state index contributed by atoms with van der Waals surface area (Å²) in [4.78, 5) is 17.0. The second kappa shape index (κ2) is 4.01. The third kappa shape index (κ3) is 1.57. The highest BCUT2D eigenvalue weighted by Gasteiger charge is 2.46. The second-order valence-electron chi connectivity index (χ2n) is 4.06. The van der Waals surface area contributed by atoms with Gasteiger partial charge in [0.15, 0.2) is 6.04 Å². The van der Waals surface area contributed by atoms with Crippen LogP contribution in [0.1, 0.15) is 6.42 Å². The molecule has 0 aromatic carbocycles. The van der Waals surface area contributed by atoms with E-state index in [1.54, 1.807) is 12.3 Å². The first-order valence-electron chi connectivity index (χ1n) is 5.06. The number of nitrogens with zero attached hydrogens (tertiary/aromatic N) is 1. The van der Waals surface area contributed by atoms with Gasteiger partial charge in [-0.15, -0.1) is 0 Å². The minimum atomic E-state index is -0.399. The molecule has 1 fully saturated rings. The van der Waals surface area contributed by atoms with Crippen molar-refractivity contribution in [3.8, 4) is 0 Å². The van der Waals surface area contributed by atoms with Crippen LogP contribution >= 0.6 is 0 Å². The zero-order valence-corrected chi connectivity index (χ0v) is 9.24. The van der Waals surface area contributed by atoms with Crippen molar-refractivity contribution >= 4 is 17.4 Å². The van der Waals surface area contributed by atoms with E-state index in [9.17, 15) is 9.90 Å². The Hall–Kier alpha value is -1.17. The van der Waals surface area contributed by atoms with Gasteiger partial charge in [0.1, 0.15) is 18.3 Å². The van der Waals surface area contributed by atoms with E-state index in [4.69, 9.17) is 0 Å². The lowest BCUT2D eigenvalue weighted by molar-refractivity contribution is -0.840. The molecule has 86 valence electrons. The summed E-state index contributed by atoms with van der Waals surface area (Å²) < 4.78 is 0.